The van der Waals surface area contributed by atoms with Crippen molar-refractivity contribution in [3.8, 4) is 11.4 Å². The van der Waals surface area contributed by atoms with E-state index in [4.69, 9.17) is 0 Å². The topological polar surface area (TPSA) is 50.2 Å². The van der Waals surface area contributed by atoms with Gasteiger partial charge in [0.25, 0.3) is 0 Å². The average Bonchev–Trinajstić information content (AvgIpc) is 3.12. The van der Waals surface area contributed by atoms with Crippen LogP contribution >= 0.6 is 0 Å². The van der Waals surface area contributed by atoms with E-state index >= 15 is 0 Å². The number of benzene rings is 2. The Labute approximate surface area is 163 Å². The van der Waals surface area contributed by atoms with Crippen molar-refractivity contribution in [2.24, 2.45) is 0 Å². The minimum atomic E-state index is -0.429. The van der Waals surface area contributed by atoms with Crippen LogP contribution in [0.15, 0.2) is 60.8 Å². The minimum Gasteiger partial charge on any atom is -0.324 e. The van der Waals surface area contributed by atoms with E-state index in [2.05, 4.69) is 14.9 Å². The Bertz CT molecular complexity index is 970. The lowest BCUT2D eigenvalue weighted by Crippen LogP contribution is -2.43. The largest absolute Gasteiger partial charge is 0.324 e. The van der Waals surface area contributed by atoms with Crippen LogP contribution in [0.3, 0.4) is 0 Å². The smallest absolute Gasteiger partial charge is 0.321 e. The lowest BCUT2D eigenvalue weighted by atomic mass is 10.0. The number of halogens is 1. The molecule has 0 aliphatic carbocycles. The van der Waals surface area contributed by atoms with Gasteiger partial charge in [0.05, 0.1) is 11.7 Å². The number of para-hydroxylation sites is 1. The lowest BCUT2D eigenvalue weighted by Gasteiger charge is -2.34. The van der Waals surface area contributed by atoms with Crippen LogP contribution in [0.2, 0.25) is 0 Å². The molecule has 1 saturated heterocycles. The fourth-order valence-electron chi connectivity index (χ4n) is 3.81. The van der Waals surface area contributed by atoms with Gasteiger partial charge in [0.1, 0.15) is 11.6 Å². The zero-order valence-corrected chi connectivity index (χ0v) is 15.8. The van der Waals surface area contributed by atoms with Gasteiger partial charge in [-0.2, -0.15) is 0 Å². The Hall–Kier alpha value is -3.15. The molecule has 28 heavy (non-hydrogen) atoms. The van der Waals surface area contributed by atoms with Gasteiger partial charge in [-0.25, -0.2) is 14.2 Å². The quantitative estimate of drug-likeness (QED) is 0.707. The van der Waals surface area contributed by atoms with Crippen LogP contribution in [0.25, 0.3) is 11.4 Å². The first kappa shape index (κ1) is 18.2. The molecule has 144 valence electrons. The van der Waals surface area contributed by atoms with Gasteiger partial charge in [-0.15, -0.1) is 0 Å². The number of hydrogen-bond acceptors (Lipinski definition) is 2. The molecule has 1 fully saturated rings. The predicted octanol–water partition coefficient (Wildman–Crippen LogP) is 4.87. The first-order chi connectivity index (χ1) is 13.6. The highest BCUT2D eigenvalue weighted by atomic mass is 19.1. The summed E-state index contributed by atoms with van der Waals surface area (Å²) in [5.41, 5.74) is 2.34. The molecule has 2 amide bonds. The Morgan fingerprint density at radius 2 is 1.89 bits per heavy atom. The van der Waals surface area contributed by atoms with Crippen LogP contribution in [0, 0.1) is 12.7 Å². The summed E-state index contributed by atoms with van der Waals surface area (Å²) in [5, 5.41) is 2.69. The number of carbonyl (C=O) groups is 1. The van der Waals surface area contributed by atoms with E-state index in [0.717, 1.165) is 29.9 Å². The molecule has 5 nitrogen and oxygen atoms in total. The SMILES string of the molecule is Cc1cnc(-c2ccccc2)n1C1CCCN(C(=O)Nc2ccccc2F)C1. The summed E-state index contributed by atoms with van der Waals surface area (Å²) < 4.78 is 16.1. The number of nitrogens with one attached hydrogen (secondary N) is 1. The van der Waals surface area contributed by atoms with Crippen LogP contribution < -0.4 is 5.32 Å². The number of likely N-dealkylation sites (tertiary alicyclic amines) is 1. The van der Waals surface area contributed by atoms with Gasteiger partial charge in [0.15, 0.2) is 0 Å². The number of hydrogen-bond donors (Lipinski definition) is 1. The first-order valence-electron chi connectivity index (χ1n) is 9.53. The molecular weight excluding hydrogens is 355 g/mol. The average molecular weight is 378 g/mol. The maximum atomic E-state index is 13.9. The van der Waals surface area contributed by atoms with Gasteiger partial charge >= 0.3 is 6.03 Å². The van der Waals surface area contributed by atoms with E-state index in [9.17, 15) is 9.18 Å². The molecule has 0 spiro atoms. The van der Waals surface area contributed by atoms with E-state index in [1.165, 1.54) is 6.07 Å². The summed E-state index contributed by atoms with van der Waals surface area (Å²) in [5.74, 6) is 0.487. The highest BCUT2D eigenvalue weighted by Gasteiger charge is 2.27. The summed E-state index contributed by atoms with van der Waals surface area (Å²) in [6, 6.07) is 16.2. The maximum Gasteiger partial charge on any atom is 0.321 e. The Morgan fingerprint density at radius 3 is 2.68 bits per heavy atom. The number of anilines is 1. The molecule has 1 unspecified atom stereocenters. The molecule has 1 atom stereocenters. The molecule has 0 radical (unpaired) electrons. The Balaban J connectivity index is 1.54. The van der Waals surface area contributed by atoms with E-state index in [1.807, 2.05) is 43.5 Å². The zero-order chi connectivity index (χ0) is 19.5. The Kier molecular flexibility index (Phi) is 5.10. The monoisotopic (exact) mass is 378 g/mol. The second-order valence-electron chi connectivity index (χ2n) is 7.11. The van der Waals surface area contributed by atoms with Crippen LogP contribution in [0.5, 0.6) is 0 Å². The molecule has 3 aromatic rings. The number of urea groups is 1. The van der Waals surface area contributed by atoms with Crippen molar-refractivity contribution in [1.82, 2.24) is 14.5 Å². The van der Waals surface area contributed by atoms with Crippen LogP contribution in [-0.2, 0) is 0 Å². The number of imidazole rings is 1. The van der Waals surface area contributed by atoms with Crippen molar-refractivity contribution in [3.05, 3.63) is 72.3 Å². The molecule has 4 rings (SSSR count). The summed E-state index contributed by atoms with van der Waals surface area (Å²) in [6.45, 7) is 3.26. The zero-order valence-electron chi connectivity index (χ0n) is 15.8. The van der Waals surface area contributed by atoms with Crippen molar-refractivity contribution in [3.63, 3.8) is 0 Å². The number of rotatable bonds is 3. The van der Waals surface area contributed by atoms with Crippen molar-refractivity contribution < 1.29 is 9.18 Å². The Morgan fingerprint density at radius 1 is 1.14 bits per heavy atom. The summed E-state index contributed by atoms with van der Waals surface area (Å²) in [4.78, 5) is 19.1. The highest BCUT2D eigenvalue weighted by molar-refractivity contribution is 5.89. The van der Waals surface area contributed by atoms with Crippen LogP contribution in [-0.4, -0.2) is 33.6 Å². The molecule has 0 saturated carbocycles. The molecule has 6 heteroatoms. The number of amides is 2. The van der Waals surface area contributed by atoms with Gasteiger partial charge in [-0.05, 0) is 31.9 Å². The van der Waals surface area contributed by atoms with Crippen molar-refractivity contribution in [1.29, 1.82) is 0 Å². The first-order valence-corrected chi connectivity index (χ1v) is 9.53. The minimum absolute atomic E-state index is 0.137. The normalized spacial score (nSPS) is 16.8. The number of piperidine rings is 1. The van der Waals surface area contributed by atoms with Crippen molar-refractivity contribution >= 4 is 11.7 Å². The third-order valence-electron chi connectivity index (χ3n) is 5.18. The van der Waals surface area contributed by atoms with E-state index < -0.39 is 5.82 Å². The second-order valence-corrected chi connectivity index (χ2v) is 7.11. The number of aryl methyl sites for hydroxylation is 1. The molecule has 2 heterocycles. The van der Waals surface area contributed by atoms with Gasteiger partial charge in [-0.1, -0.05) is 42.5 Å². The fraction of sp³-hybridized carbons (Fsp3) is 0.273. The summed E-state index contributed by atoms with van der Waals surface area (Å²) >= 11 is 0. The molecule has 1 N–H and O–H groups in total. The van der Waals surface area contributed by atoms with Crippen LogP contribution in [0.1, 0.15) is 24.6 Å². The third kappa shape index (κ3) is 3.63. The third-order valence-corrected chi connectivity index (χ3v) is 5.18. The number of aromatic nitrogens is 2. The molecule has 2 aromatic carbocycles. The van der Waals surface area contributed by atoms with E-state index in [0.29, 0.717) is 13.1 Å². The lowest BCUT2D eigenvalue weighted by molar-refractivity contribution is 0.178. The van der Waals surface area contributed by atoms with E-state index in [-0.39, 0.29) is 17.8 Å². The molecular formula is C22H23FN4O. The van der Waals surface area contributed by atoms with Gasteiger partial charge in [-0.3, -0.25) is 0 Å². The highest BCUT2D eigenvalue weighted by Crippen LogP contribution is 2.29. The number of carbonyl (C=O) groups excluding carboxylic acids is 1. The fourth-order valence-corrected chi connectivity index (χ4v) is 3.81. The molecule has 1 aliphatic heterocycles. The van der Waals surface area contributed by atoms with Gasteiger partial charge in [0.2, 0.25) is 0 Å². The molecule has 1 aromatic heterocycles. The molecule has 1 aliphatic rings. The summed E-state index contributed by atoms with van der Waals surface area (Å²) in [7, 11) is 0. The van der Waals surface area contributed by atoms with Gasteiger partial charge < -0.3 is 14.8 Å². The van der Waals surface area contributed by atoms with Crippen molar-refractivity contribution in [2.45, 2.75) is 25.8 Å². The van der Waals surface area contributed by atoms with Gasteiger partial charge in [0, 0.05) is 30.5 Å². The van der Waals surface area contributed by atoms with Crippen molar-refractivity contribution in [2.75, 3.05) is 18.4 Å². The number of nitrogens with zero attached hydrogens (tertiary/aromatic N) is 3. The standard InChI is InChI=1S/C22H23FN4O/c1-16-14-24-21(17-8-3-2-4-9-17)27(16)18-10-7-13-26(15-18)22(28)25-20-12-6-5-11-19(20)23/h2-6,8-9,11-12,14,18H,7,10,13,15H2,1H3,(H,25,28). The maximum absolute atomic E-state index is 13.9. The predicted molar refractivity (Wildman–Crippen MR) is 108 cm³/mol. The second kappa shape index (κ2) is 7.84. The van der Waals surface area contributed by atoms with E-state index in [1.54, 1.807) is 23.1 Å². The van der Waals surface area contributed by atoms with Crippen LogP contribution in [0.4, 0.5) is 14.9 Å². The summed E-state index contributed by atoms with van der Waals surface area (Å²) in [6.07, 6.45) is 3.74. The molecule has 0 bridgehead atoms.